The van der Waals surface area contributed by atoms with Gasteiger partial charge in [0.2, 0.25) is 0 Å². The summed E-state index contributed by atoms with van der Waals surface area (Å²) in [6.45, 7) is 1.71. The smallest absolute Gasteiger partial charge is 0.259 e. The van der Waals surface area contributed by atoms with E-state index in [2.05, 4.69) is 15.4 Å². The van der Waals surface area contributed by atoms with Crippen LogP contribution in [0, 0.1) is 22.1 Å². The van der Waals surface area contributed by atoms with Crippen molar-refractivity contribution in [2.24, 2.45) is 0 Å². The van der Waals surface area contributed by atoms with Gasteiger partial charge >= 0.3 is 0 Å². The van der Waals surface area contributed by atoms with E-state index in [-0.39, 0.29) is 9.26 Å². The lowest BCUT2D eigenvalue weighted by molar-refractivity contribution is 0.102. The molecule has 8 heteroatoms. The number of pyridine rings is 1. The molecule has 0 aliphatic rings. The number of nitrogens with zero attached hydrogens (tertiary/aromatic N) is 3. The van der Waals surface area contributed by atoms with E-state index >= 15 is 0 Å². The number of anilines is 1. The molecule has 0 spiro atoms. The lowest BCUT2D eigenvalue weighted by Crippen LogP contribution is -2.14. The summed E-state index contributed by atoms with van der Waals surface area (Å²) in [4.78, 5) is 16.5. The van der Waals surface area contributed by atoms with Crippen LogP contribution in [0.1, 0.15) is 16.1 Å². The van der Waals surface area contributed by atoms with Crippen LogP contribution >= 0.6 is 22.6 Å². The second-order valence-corrected chi connectivity index (χ2v) is 6.03. The first-order valence-electron chi connectivity index (χ1n) is 6.89. The molecule has 0 bridgehead atoms. The van der Waals surface area contributed by atoms with E-state index in [1.54, 1.807) is 53.9 Å². The van der Waals surface area contributed by atoms with Crippen LogP contribution in [0.4, 0.5) is 14.5 Å². The Bertz CT molecular complexity index is 889. The van der Waals surface area contributed by atoms with Crippen molar-refractivity contribution in [2.45, 2.75) is 6.92 Å². The topological polar surface area (TPSA) is 59.8 Å². The summed E-state index contributed by atoms with van der Waals surface area (Å²) in [6, 6.07) is 7.48. The molecule has 0 aliphatic carbocycles. The summed E-state index contributed by atoms with van der Waals surface area (Å²) in [6.07, 6.45) is 3.01. The molecule has 0 fully saturated rings. The van der Waals surface area contributed by atoms with Gasteiger partial charge in [0.25, 0.3) is 5.91 Å². The van der Waals surface area contributed by atoms with Crippen molar-refractivity contribution in [3.8, 4) is 5.82 Å². The molecule has 3 aromatic rings. The van der Waals surface area contributed by atoms with Crippen molar-refractivity contribution >= 4 is 34.2 Å². The number of carbonyl (C=O) groups excluding carboxylic acids is 1. The fourth-order valence-electron chi connectivity index (χ4n) is 2.17. The van der Waals surface area contributed by atoms with Crippen molar-refractivity contribution in [3.63, 3.8) is 0 Å². The quantitative estimate of drug-likeness (QED) is 0.499. The van der Waals surface area contributed by atoms with Crippen molar-refractivity contribution in [1.29, 1.82) is 0 Å². The molecule has 0 aliphatic heterocycles. The molecule has 5 nitrogen and oxygen atoms in total. The van der Waals surface area contributed by atoms with Gasteiger partial charge in [0.15, 0.2) is 5.82 Å². The normalized spacial score (nSPS) is 10.7. The van der Waals surface area contributed by atoms with Gasteiger partial charge < -0.3 is 5.32 Å². The molecule has 0 unspecified atom stereocenters. The van der Waals surface area contributed by atoms with Crippen LogP contribution in [-0.2, 0) is 0 Å². The first kappa shape index (κ1) is 16.5. The van der Waals surface area contributed by atoms with Crippen LogP contribution in [0.25, 0.3) is 5.82 Å². The summed E-state index contributed by atoms with van der Waals surface area (Å²) in [5.74, 6) is -1.39. The molecule has 122 valence electrons. The highest BCUT2D eigenvalue weighted by Gasteiger charge is 2.17. The maximum Gasteiger partial charge on any atom is 0.259 e. The number of rotatable bonds is 3. The number of halogens is 3. The van der Waals surface area contributed by atoms with Gasteiger partial charge in [-0.05, 0) is 53.8 Å². The number of carbonyl (C=O) groups is 1. The number of hydrogen-bond donors (Lipinski definition) is 1. The largest absolute Gasteiger partial charge is 0.322 e. The lowest BCUT2D eigenvalue weighted by Gasteiger charge is -2.07. The Morgan fingerprint density at radius 3 is 2.58 bits per heavy atom. The molecule has 0 radical (unpaired) electrons. The second-order valence-electron chi connectivity index (χ2n) is 4.95. The first-order valence-corrected chi connectivity index (χ1v) is 7.97. The van der Waals surface area contributed by atoms with E-state index in [1.807, 2.05) is 0 Å². The van der Waals surface area contributed by atoms with Crippen LogP contribution in [0.15, 0.2) is 42.7 Å². The molecule has 3 rings (SSSR count). The standard InChI is InChI=1S/C16H11F2IN4O/c1-9-11(8-21-23(9)14-4-2-3-5-20-14)16(24)22-10-6-12(17)15(19)13(18)7-10/h2-8H,1H3,(H,22,24). The third-order valence-electron chi connectivity index (χ3n) is 3.36. The number of amides is 1. The van der Waals surface area contributed by atoms with E-state index in [1.165, 1.54) is 10.9 Å². The molecule has 0 atom stereocenters. The minimum absolute atomic E-state index is 0.0420. The Labute approximate surface area is 149 Å². The van der Waals surface area contributed by atoms with Gasteiger partial charge in [0.05, 0.1) is 21.0 Å². The van der Waals surface area contributed by atoms with Gasteiger partial charge in [-0.25, -0.2) is 18.4 Å². The minimum Gasteiger partial charge on any atom is -0.322 e. The summed E-state index contributed by atoms with van der Waals surface area (Å²) in [5.41, 5.74) is 0.901. The Morgan fingerprint density at radius 2 is 1.96 bits per heavy atom. The number of hydrogen-bond acceptors (Lipinski definition) is 3. The van der Waals surface area contributed by atoms with E-state index in [0.29, 0.717) is 17.1 Å². The Morgan fingerprint density at radius 1 is 1.25 bits per heavy atom. The molecule has 0 saturated heterocycles. The third-order valence-corrected chi connectivity index (χ3v) is 4.39. The Hall–Kier alpha value is -2.36. The van der Waals surface area contributed by atoms with E-state index < -0.39 is 17.5 Å². The second kappa shape index (κ2) is 6.63. The maximum atomic E-state index is 13.6. The van der Waals surface area contributed by atoms with Gasteiger partial charge in [-0.3, -0.25) is 4.79 Å². The Balaban J connectivity index is 1.88. The zero-order valence-electron chi connectivity index (χ0n) is 12.4. The average Bonchev–Trinajstić information content (AvgIpc) is 2.95. The molecular formula is C16H11F2IN4O. The summed E-state index contributed by atoms with van der Waals surface area (Å²) < 4.78 is 28.5. The van der Waals surface area contributed by atoms with Crippen LogP contribution < -0.4 is 5.32 Å². The highest BCUT2D eigenvalue weighted by molar-refractivity contribution is 14.1. The van der Waals surface area contributed by atoms with Gasteiger partial charge in [-0.15, -0.1) is 0 Å². The average molecular weight is 440 g/mol. The van der Waals surface area contributed by atoms with Crippen molar-refractivity contribution < 1.29 is 13.6 Å². The van der Waals surface area contributed by atoms with Crippen LogP contribution in [0.5, 0.6) is 0 Å². The summed E-state index contributed by atoms with van der Waals surface area (Å²) >= 11 is 1.56. The molecule has 24 heavy (non-hydrogen) atoms. The third kappa shape index (κ3) is 3.14. The number of nitrogens with one attached hydrogen (secondary N) is 1. The van der Waals surface area contributed by atoms with Crippen LogP contribution in [0.3, 0.4) is 0 Å². The predicted octanol–water partition coefficient (Wildman–Crippen LogP) is 3.71. The molecule has 2 heterocycles. The first-order chi connectivity index (χ1) is 11.5. The van der Waals surface area contributed by atoms with Gasteiger partial charge in [-0.2, -0.15) is 5.10 Å². The molecule has 2 aromatic heterocycles. The minimum atomic E-state index is -0.730. The van der Waals surface area contributed by atoms with Crippen LogP contribution in [0.2, 0.25) is 0 Å². The Kier molecular flexibility index (Phi) is 4.56. The molecular weight excluding hydrogens is 429 g/mol. The zero-order chi connectivity index (χ0) is 17.3. The maximum absolute atomic E-state index is 13.6. The molecule has 1 aromatic carbocycles. The predicted molar refractivity (Wildman–Crippen MR) is 93.1 cm³/mol. The van der Waals surface area contributed by atoms with Gasteiger partial charge in [0.1, 0.15) is 11.6 Å². The highest BCUT2D eigenvalue weighted by Crippen LogP contribution is 2.21. The van der Waals surface area contributed by atoms with E-state index in [0.717, 1.165) is 12.1 Å². The lowest BCUT2D eigenvalue weighted by atomic mass is 10.2. The SMILES string of the molecule is Cc1c(C(=O)Nc2cc(F)c(I)c(F)c2)cnn1-c1ccccn1. The number of benzene rings is 1. The monoisotopic (exact) mass is 440 g/mol. The zero-order valence-corrected chi connectivity index (χ0v) is 14.6. The van der Waals surface area contributed by atoms with Crippen molar-refractivity contribution in [2.75, 3.05) is 5.32 Å². The van der Waals surface area contributed by atoms with Gasteiger partial charge in [0, 0.05) is 11.9 Å². The fourth-order valence-corrected chi connectivity index (χ4v) is 2.48. The molecule has 1 amide bonds. The van der Waals surface area contributed by atoms with Crippen molar-refractivity contribution in [3.05, 3.63) is 69.2 Å². The molecule has 0 saturated carbocycles. The fraction of sp³-hybridized carbons (Fsp3) is 0.0625. The summed E-state index contributed by atoms with van der Waals surface area (Å²) in [5, 5.41) is 6.62. The van der Waals surface area contributed by atoms with Gasteiger partial charge in [-0.1, -0.05) is 6.07 Å². The van der Waals surface area contributed by atoms with E-state index in [9.17, 15) is 13.6 Å². The number of aromatic nitrogens is 3. The summed E-state index contributed by atoms with van der Waals surface area (Å²) in [7, 11) is 0. The molecule has 1 N–H and O–H groups in total. The highest BCUT2D eigenvalue weighted by atomic mass is 127. The van der Waals surface area contributed by atoms with E-state index in [4.69, 9.17) is 0 Å². The van der Waals surface area contributed by atoms with Crippen molar-refractivity contribution in [1.82, 2.24) is 14.8 Å². The van der Waals surface area contributed by atoms with Crippen LogP contribution in [-0.4, -0.2) is 20.7 Å².